The molecule has 54 valence electrons. The second kappa shape index (κ2) is 10.5. The Morgan fingerprint density at radius 2 is 1.56 bits per heavy atom. The summed E-state index contributed by atoms with van der Waals surface area (Å²) < 4.78 is 0. The lowest BCUT2D eigenvalue weighted by Crippen LogP contribution is -1.56. The Morgan fingerprint density at radius 1 is 1.11 bits per heavy atom. The van der Waals surface area contributed by atoms with Gasteiger partial charge in [-0.05, 0) is 20.8 Å². The molecule has 0 aliphatic heterocycles. The van der Waals surface area contributed by atoms with E-state index in [0.29, 0.717) is 0 Å². The molecule has 0 aromatic rings. The normalized spacial score (nSPS) is 8.11. The van der Waals surface area contributed by atoms with Crippen LogP contribution >= 0.6 is 0 Å². The maximum atomic E-state index is 2.08. The predicted octanol–water partition coefficient (Wildman–Crippen LogP) is 3.55. The zero-order valence-corrected chi connectivity index (χ0v) is 7.23. The fourth-order valence-electron chi connectivity index (χ4n) is 0.289. The van der Waals surface area contributed by atoms with Gasteiger partial charge in [-0.1, -0.05) is 37.6 Å². The summed E-state index contributed by atoms with van der Waals surface area (Å²) in [6.07, 6.45) is 6.14. The largest absolute Gasteiger partial charge is 0.0877 e. The highest BCUT2D eigenvalue weighted by molar-refractivity contribution is 5.06. The van der Waals surface area contributed by atoms with Crippen LogP contribution in [-0.2, 0) is 0 Å². The highest BCUT2D eigenvalue weighted by atomic mass is 13.7. The molecule has 0 N–H and O–H groups in total. The molecule has 0 atom stereocenters. The summed E-state index contributed by atoms with van der Waals surface area (Å²) in [6.45, 7) is 10.2. The van der Waals surface area contributed by atoms with Gasteiger partial charge in [0.05, 0.1) is 0 Å². The third kappa shape index (κ3) is 18.5. The molecule has 0 fully saturated rings. The van der Waals surface area contributed by atoms with Gasteiger partial charge in [0.15, 0.2) is 0 Å². The molecule has 0 nitrogen and oxygen atoms in total. The Morgan fingerprint density at radius 3 is 1.67 bits per heavy atom. The number of rotatable bonds is 1. The molecule has 0 bridgehead atoms. The summed E-state index contributed by atoms with van der Waals surface area (Å²) >= 11 is 0. The lowest BCUT2D eigenvalue weighted by molar-refractivity contribution is 1.39. The van der Waals surface area contributed by atoms with Crippen LogP contribution in [0.25, 0.3) is 0 Å². The van der Waals surface area contributed by atoms with Gasteiger partial charge in [-0.2, -0.15) is 0 Å². The van der Waals surface area contributed by atoms with Crippen LogP contribution in [0.2, 0.25) is 0 Å². The van der Waals surface area contributed by atoms with Gasteiger partial charge in [0.25, 0.3) is 0 Å². The summed E-state index contributed by atoms with van der Waals surface area (Å²) in [5.74, 6) is 0. The Kier molecular flexibility index (Phi) is 13.1. The van der Waals surface area contributed by atoms with Crippen molar-refractivity contribution in [2.45, 2.75) is 34.6 Å². The van der Waals surface area contributed by atoms with Crippen LogP contribution in [0.1, 0.15) is 34.6 Å². The van der Waals surface area contributed by atoms with Crippen LogP contribution in [0.3, 0.4) is 0 Å². The second-order valence-electron chi connectivity index (χ2n) is 1.77. The lowest BCUT2D eigenvalue weighted by atomic mass is 10.3. The van der Waals surface area contributed by atoms with Crippen LogP contribution in [0.4, 0.5) is 0 Å². The molecule has 0 aliphatic carbocycles. The zero-order chi connectivity index (χ0) is 7.70. The summed E-state index contributed by atoms with van der Waals surface area (Å²) in [6, 6.07) is 0. The first kappa shape index (κ1) is 11.3. The monoisotopic (exact) mass is 126 g/mol. The predicted molar refractivity (Wildman–Crippen MR) is 45.6 cm³/mol. The van der Waals surface area contributed by atoms with E-state index in [2.05, 4.69) is 19.9 Å². The van der Waals surface area contributed by atoms with Gasteiger partial charge in [0.2, 0.25) is 0 Å². The number of hydrogen-bond acceptors (Lipinski definition) is 0. The van der Waals surface area contributed by atoms with Gasteiger partial charge in [-0.25, -0.2) is 0 Å². The van der Waals surface area contributed by atoms with Crippen molar-refractivity contribution in [3.8, 4) is 0 Å². The van der Waals surface area contributed by atoms with Gasteiger partial charge in [0.1, 0.15) is 0 Å². The quantitative estimate of drug-likeness (QED) is 0.471. The highest BCUT2D eigenvalue weighted by Crippen LogP contribution is 1.87. The van der Waals surface area contributed by atoms with E-state index in [4.69, 9.17) is 0 Å². The molecule has 0 spiro atoms. The molecule has 0 saturated heterocycles. The Hall–Kier alpha value is -0.520. The molecular formula is C9H18. The molecule has 0 heteroatoms. The summed E-state index contributed by atoms with van der Waals surface area (Å²) in [7, 11) is 0. The van der Waals surface area contributed by atoms with E-state index < -0.39 is 0 Å². The highest BCUT2D eigenvalue weighted by Gasteiger charge is 1.65. The van der Waals surface area contributed by atoms with E-state index in [0.717, 1.165) is 0 Å². The van der Waals surface area contributed by atoms with Crippen molar-refractivity contribution in [3.63, 3.8) is 0 Å². The van der Waals surface area contributed by atoms with Crippen LogP contribution < -0.4 is 0 Å². The number of hydrogen-bond donors (Lipinski definition) is 0. The lowest BCUT2D eigenvalue weighted by Gasteiger charge is -1.77. The maximum Gasteiger partial charge on any atom is -0.0439 e. The van der Waals surface area contributed by atoms with Crippen molar-refractivity contribution >= 4 is 0 Å². The molecule has 0 rings (SSSR count). The first-order chi connectivity index (χ1) is 4.27. The van der Waals surface area contributed by atoms with Crippen molar-refractivity contribution < 1.29 is 0 Å². The van der Waals surface area contributed by atoms with Gasteiger partial charge in [-0.15, -0.1) is 0 Å². The standard InChI is InChI=1S/C7H12.C2H6/c1-4-5-6-7(2)3;1-2/h4-6H,1-3H3;1-2H3/b5-4-;. The molecule has 0 heterocycles. The molecule has 0 radical (unpaired) electrons. The first-order valence-corrected chi connectivity index (χ1v) is 3.53. The first-order valence-electron chi connectivity index (χ1n) is 3.53. The van der Waals surface area contributed by atoms with E-state index in [-0.39, 0.29) is 0 Å². The van der Waals surface area contributed by atoms with Crippen molar-refractivity contribution in [2.75, 3.05) is 0 Å². The van der Waals surface area contributed by atoms with Gasteiger partial charge < -0.3 is 0 Å². The molecule has 0 aliphatic rings. The van der Waals surface area contributed by atoms with E-state index in [1.54, 1.807) is 0 Å². The van der Waals surface area contributed by atoms with Crippen LogP contribution in [-0.4, -0.2) is 0 Å². The maximum absolute atomic E-state index is 2.08. The summed E-state index contributed by atoms with van der Waals surface area (Å²) in [4.78, 5) is 0. The third-order valence-electron chi connectivity index (χ3n) is 0.622. The van der Waals surface area contributed by atoms with E-state index >= 15 is 0 Å². The van der Waals surface area contributed by atoms with Gasteiger partial charge in [0, 0.05) is 0 Å². The minimum Gasteiger partial charge on any atom is -0.0877 e. The van der Waals surface area contributed by atoms with Crippen molar-refractivity contribution in [2.24, 2.45) is 0 Å². The fourth-order valence-corrected chi connectivity index (χ4v) is 0.289. The van der Waals surface area contributed by atoms with E-state index in [9.17, 15) is 0 Å². The van der Waals surface area contributed by atoms with Gasteiger partial charge >= 0.3 is 0 Å². The minimum atomic E-state index is 1.35. The SMILES string of the molecule is C/C=C\C=C(C)C.CC. The second-order valence-corrected chi connectivity index (χ2v) is 1.77. The van der Waals surface area contributed by atoms with Crippen LogP contribution in [0.5, 0.6) is 0 Å². The van der Waals surface area contributed by atoms with Gasteiger partial charge in [-0.3, -0.25) is 0 Å². The van der Waals surface area contributed by atoms with Crippen molar-refractivity contribution in [1.29, 1.82) is 0 Å². The zero-order valence-electron chi connectivity index (χ0n) is 7.23. The summed E-state index contributed by atoms with van der Waals surface area (Å²) in [5.41, 5.74) is 1.35. The third-order valence-corrected chi connectivity index (χ3v) is 0.622. The average Bonchev–Trinajstić information content (AvgIpc) is 1.88. The van der Waals surface area contributed by atoms with Crippen LogP contribution in [0, 0.1) is 0 Å². The molecule has 0 unspecified atom stereocenters. The Balaban J connectivity index is 0. The van der Waals surface area contributed by atoms with Crippen molar-refractivity contribution in [1.82, 2.24) is 0 Å². The molecule has 0 aromatic carbocycles. The minimum absolute atomic E-state index is 1.35. The van der Waals surface area contributed by atoms with Crippen LogP contribution in [0.15, 0.2) is 23.8 Å². The smallest absolute Gasteiger partial charge is 0.0439 e. The van der Waals surface area contributed by atoms with E-state index in [1.165, 1.54) is 5.57 Å². The van der Waals surface area contributed by atoms with E-state index in [1.807, 2.05) is 32.9 Å². The number of allylic oxidation sites excluding steroid dienone is 4. The molecular weight excluding hydrogens is 108 g/mol. The van der Waals surface area contributed by atoms with Crippen molar-refractivity contribution in [3.05, 3.63) is 23.8 Å². The molecule has 9 heavy (non-hydrogen) atoms. The fraction of sp³-hybridized carbons (Fsp3) is 0.556. The Bertz CT molecular complexity index is 82.2. The summed E-state index contributed by atoms with van der Waals surface area (Å²) in [5, 5.41) is 0. The molecule has 0 saturated carbocycles. The molecule has 0 aromatic heterocycles. The topological polar surface area (TPSA) is 0 Å². The Labute approximate surface area is 59.3 Å². The molecule has 0 amide bonds. The average molecular weight is 126 g/mol.